The van der Waals surface area contributed by atoms with E-state index in [2.05, 4.69) is 39.4 Å². The number of rotatable bonds is 3. The summed E-state index contributed by atoms with van der Waals surface area (Å²) in [5.41, 5.74) is 4.02. The molecule has 37 heavy (non-hydrogen) atoms. The highest BCUT2D eigenvalue weighted by Crippen LogP contribution is 2.52. The molecular formula is C29H20BrN3O3S. The Morgan fingerprint density at radius 3 is 2.59 bits per heavy atom. The number of hydrogen-bond acceptors (Lipinski definition) is 6. The van der Waals surface area contributed by atoms with Crippen LogP contribution in [0.15, 0.2) is 110 Å². The van der Waals surface area contributed by atoms with Crippen LogP contribution < -0.4 is 10.1 Å². The summed E-state index contributed by atoms with van der Waals surface area (Å²) in [6, 6.07) is 29.8. The van der Waals surface area contributed by atoms with Gasteiger partial charge in [-0.3, -0.25) is 10.1 Å². The van der Waals surface area contributed by atoms with Crippen molar-refractivity contribution in [3.05, 3.63) is 117 Å². The number of benzene rings is 3. The van der Waals surface area contributed by atoms with Crippen molar-refractivity contribution in [2.45, 2.75) is 18.3 Å². The van der Waals surface area contributed by atoms with Crippen LogP contribution >= 0.6 is 27.7 Å². The first-order valence-electron chi connectivity index (χ1n) is 11.9. The molecule has 8 heteroatoms. The minimum absolute atomic E-state index is 0.0857. The second-order valence-corrected chi connectivity index (χ2v) is 10.9. The van der Waals surface area contributed by atoms with Gasteiger partial charge in [-0.05, 0) is 53.7 Å². The molecule has 0 aliphatic carbocycles. The summed E-state index contributed by atoms with van der Waals surface area (Å²) >= 11 is 4.57. The summed E-state index contributed by atoms with van der Waals surface area (Å²) in [4.78, 5) is 13.5. The van der Waals surface area contributed by atoms with Gasteiger partial charge in [0.1, 0.15) is 17.3 Å². The van der Waals surface area contributed by atoms with Crippen molar-refractivity contribution in [3.8, 4) is 17.1 Å². The molecule has 2 unspecified atom stereocenters. The van der Waals surface area contributed by atoms with Gasteiger partial charge in [0, 0.05) is 22.0 Å². The third-order valence-corrected chi connectivity index (χ3v) is 8.14. The first kappa shape index (κ1) is 22.4. The Morgan fingerprint density at radius 1 is 0.973 bits per heavy atom. The summed E-state index contributed by atoms with van der Waals surface area (Å²) in [6.45, 7) is 0. The molecule has 6 nitrogen and oxygen atoms in total. The van der Waals surface area contributed by atoms with Crippen molar-refractivity contribution < 1.29 is 13.9 Å². The molecule has 1 spiro atoms. The van der Waals surface area contributed by atoms with E-state index in [0.717, 1.165) is 50.1 Å². The van der Waals surface area contributed by atoms with Gasteiger partial charge in [-0.2, -0.15) is 5.10 Å². The Labute approximate surface area is 226 Å². The zero-order valence-corrected chi connectivity index (χ0v) is 21.8. The SMILES string of the molecule is O=C1NC2(Oc3ccccc3C3CC(c4ccccc4)=NN32)C(=Cc2ccc(-c3ccc(Br)cc3)o2)S1. The normalized spacial score (nSPS) is 23.0. The largest absolute Gasteiger partial charge is 0.457 e. The Morgan fingerprint density at radius 2 is 1.76 bits per heavy atom. The number of carbonyl (C=O) groups is 1. The highest BCUT2D eigenvalue weighted by molar-refractivity contribution is 9.10. The van der Waals surface area contributed by atoms with Crippen LogP contribution in [-0.4, -0.2) is 21.8 Å². The lowest BCUT2D eigenvalue weighted by Gasteiger charge is -2.44. The molecule has 1 N–H and O–H groups in total. The number of hydrogen-bond donors (Lipinski definition) is 1. The molecule has 1 aromatic heterocycles. The van der Waals surface area contributed by atoms with E-state index < -0.39 is 5.85 Å². The van der Waals surface area contributed by atoms with Gasteiger partial charge in [0.05, 0.1) is 16.7 Å². The minimum atomic E-state index is -1.26. The van der Waals surface area contributed by atoms with Crippen LogP contribution in [0.5, 0.6) is 5.75 Å². The molecule has 2 atom stereocenters. The van der Waals surface area contributed by atoms with Crippen LogP contribution in [-0.2, 0) is 0 Å². The molecule has 7 rings (SSSR count). The number of carbonyl (C=O) groups excluding carboxylic acids is 1. The van der Waals surface area contributed by atoms with Gasteiger partial charge in [0.15, 0.2) is 0 Å². The Balaban J connectivity index is 1.32. The highest BCUT2D eigenvalue weighted by atomic mass is 79.9. The third-order valence-electron chi connectivity index (χ3n) is 6.71. The van der Waals surface area contributed by atoms with E-state index >= 15 is 0 Å². The van der Waals surface area contributed by atoms with Crippen LogP contribution in [0.1, 0.15) is 29.3 Å². The zero-order chi connectivity index (χ0) is 25.0. The number of hydrazone groups is 1. The maximum Gasteiger partial charge on any atom is 0.314 e. The van der Waals surface area contributed by atoms with Gasteiger partial charge in [0.25, 0.3) is 5.24 Å². The molecule has 1 saturated heterocycles. The average Bonchev–Trinajstić information content (AvgIpc) is 3.64. The van der Waals surface area contributed by atoms with Gasteiger partial charge in [-0.15, -0.1) is 0 Å². The minimum Gasteiger partial charge on any atom is -0.457 e. The van der Waals surface area contributed by atoms with Crippen LogP contribution in [0.25, 0.3) is 17.4 Å². The van der Waals surface area contributed by atoms with Gasteiger partial charge >= 0.3 is 5.85 Å². The van der Waals surface area contributed by atoms with Crippen LogP contribution in [0, 0.1) is 0 Å². The monoisotopic (exact) mass is 569 g/mol. The second kappa shape index (κ2) is 8.68. The van der Waals surface area contributed by atoms with E-state index in [4.69, 9.17) is 14.3 Å². The molecule has 3 aromatic carbocycles. The number of nitrogens with one attached hydrogen (secondary N) is 1. The first-order valence-corrected chi connectivity index (χ1v) is 13.5. The second-order valence-electron chi connectivity index (χ2n) is 8.99. The Hall–Kier alpha value is -3.75. The van der Waals surface area contributed by atoms with Crippen molar-refractivity contribution in [2.24, 2.45) is 5.10 Å². The van der Waals surface area contributed by atoms with E-state index in [1.54, 1.807) is 0 Å². The number of halogens is 1. The summed E-state index contributed by atoms with van der Waals surface area (Å²) in [5, 5.41) is 9.80. The number of nitrogens with zero attached hydrogens (tertiary/aromatic N) is 2. The zero-order valence-electron chi connectivity index (χ0n) is 19.4. The molecule has 3 aliphatic heterocycles. The third kappa shape index (κ3) is 3.79. The summed E-state index contributed by atoms with van der Waals surface area (Å²) in [5.74, 6) is 0.842. The summed E-state index contributed by atoms with van der Waals surface area (Å²) in [6.07, 6.45) is 2.57. The molecule has 0 bridgehead atoms. The lowest BCUT2D eigenvalue weighted by atomic mass is 9.96. The molecule has 3 aliphatic rings. The van der Waals surface area contributed by atoms with Gasteiger partial charge in [-0.25, -0.2) is 5.01 Å². The van der Waals surface area contributed by atoms with E-state index in [0.29, 0.717) is 17.1 Å². The van der Waals surface area contributed by atoms with E-state index in [1.165, 1.54) is 0 Å². The van der Waals surface area contributed by atoms with Crippen molar-refractivity contribution in [1.82, 2.24) is 10.3 Å². The lowest BCUT2D eigenvalue weighted by molar-refractivity contribution is -0.0949. The predicted octanol–water partition coefficient (Wildman–Crippen LogP) is 7.40. The van der Waals surface area contributed by atoms with E-state index in [9.17, 15) is 4.79 Å². The smallest absolute Gasteiger partial charge is 0.314 e. The average molecular weight is 570 g/mol. The van der Waals surface area contributed by atoms with Crippen LogP contribution in [0.3, 0.4) is 0 Å². The number of thioether (sulfide) groups is 1. The number of furan rings is 1. The number of para-hydroxylation sites is 1. The number of fused-ring (bicyclic) bond motifs is 4. The fraction of sp³-hybridized carbons (Fsp3) is 0.103. The molecule has 0 saturated carbocycles. The van der Waals surface area contributed by atoms with Gasteiger partial charge in [-0.1, -0.05) is 76.6 Å². The Kier molecular flexibility index (Phi) is 5.26. The summed E-state index contributed by atoms with van der Waals surface area (Å²) in [7, 11) is 0. The van der Waals surface area contributed by atoms with Crippen molar-refractivity contribution >= 4 is 44.7 Å². The van der Waals surface area contributed by atoms with Crippen molar-refractivity contribution in [2.75, 3.05) is 0 Å². The number of ether oxygens (including phenoxy) is 1. The molecule has 1 amide bonds. The van der Waals surface area contributed by atoms with Gasteiger partial charge in [0.2, 0.25) is 0 Å². The topological polar surface area (TPSA) is 67.1 Å². The number of amides is 1. The van der Waals surface area contributed by atoms with Gasteiger partial charge < -0.3 is 9.15 Å². The quantitative estimate of drug-likeness (QED) is 0.278. The fourth-order valence-corrected chi connectivity index (χ4v) is 6.15. The summed E-state index contributed by atoms with van der Waals surface area (Å²) < 4.78 is 13.8. The van der Waals surface area contributed by atoms with E-state index in [1.807, 2.05) is 83.9 Å². The molecule has 182 valence electrons. The first-order chi connectivity index (χ1) is 18.1. The molecule has 0 radical (unpaired) electrons. The van der Waals surface area contributed by atoms with Crippen molar-refractivity contribution in [3.63, 3.8) is 0 Å². The van der Waals surface area contributed by atoms with E-state index in [-0.39, 0.29) is 11.3 Å². The maximum atomic E-state index is 12.8. The highest BCUT2D eigenvalue weighted by Gasteiger charge is 2.58. The maximum absolute atomic E-state index is 12.8. The lowest BCUT2D eigenvalue weighted by Crippen LogP contribution is -2.61. The molecular weight excluding hydrogens is 550 g/mol. The Bertz CT molecular complexity index is 1580. The van der Waals surface area contributed by atoms with Crippen LogP contribution in [0.2, 0.25) is 0 Å². The molecule has 4 aromatic rings. The molecule has 1 fully saturated rings. The predicted molar refractivity (Wildman–Crippen MR) is 148 cm³/mol. The molecule has 4 heterocycles. The standard InChI is InChI=1S/C29H20BrN3O3S/c30-20-12-10-19(11-13-20)25-15-14-21(35-25)16-27-29(31-28(34)37-27)33-24(22-8-4-5-9-26(22)36-29)17-23(32-33)18-6-2-1-3-7-18/h1-16,24H,17H2,(H,31,34). The van der Waals surface area contributed by atoms with Crippen LogP contribution in [0.4, 0.5) is 4.79 Å². The van der Waals surface area contributed by atoms with Crippen molar-refractivity contribution in [1.29, 1.82) is 0 Å². The fourth-order valence-electron chi connectivity index (χ4n) is 5.00.